The minimum atomic E-state index is -3.58. The van der Waals surface area contributed by atoms with Crippen molar-refractivity contribution in [3.63, 3.8) is 0 Å². The molecule has 0 aromatic carbocycles. The van der Waals surface area contributed by atoms with Crippen molar-refractivity contribution in [2.45, 2.75) is 62.5 Å². The minimum absolute atomic E-state index is 0.0585. The third-order valence-corrected chi connectivity index (χ3v) is 8.90. The molecule has 2 aromatic rings. The van der Waals surface area contributed by atoms with Gasteiger partial charge in [-0.2, -0.15) is 4.31 Å². The first-order chi connectivity index (χ1) is 14.3. The van der Waals surface area contributed by atoms with E-state index in [1.807, 2.05) is 25.8 Å². The molecule has 166 valence electrons. The third kappa shape index (κ3) is 4.81. The van der Waals surface area contributed by atoms with Gasteiger partial charge in [-0.1, -0.05) is 32.5 Å². The van der Waals surface area contributed by atoms with Gasteiger partial charge in [-0.15, -0.1) is 10.2 Å². The Morgan fingerprint density at radius 3 is 2.47 bits per heavy atom. The van der Waals surface area contributed by atoms with Crippen LogP contribution in [0.5, 0.6) is 0 Å². The summed E-state index contributed by atoms with van der Waals surface area (Å²) in [6, 6.07) is 3.50. The molecular weight excluding hydrogens is 422 g/mol. The van der Waals surface area contributed by atoms with Gasteiger partial charge in [0, 0.05) is 32.4 Å². The number of fused-ring (bicyclic) bond motifs is 1. The van der Waals surface area contributed by atoms with E-state index >= 15 is 0 Å². The molecule has 10 heteroatoms. The minimum Gasteiger partial charge on any atom is -0.342 e. The Balaban J connectivity index is 1.73. The molecule has 0 radical (unpaired) electrons. The molecule has 2 aromatic heterocycles. The predicted molar refractivity (Wildman–Crippen MR) is 118 cm³/mol. The molecule has 1 aliphatic carbocycles. The summed E-state index contributed by atoms with van der Waals surface area (Å²) in [6.45, 7) is 6.70. The van der Waals surface area contributed by atoms with Gasteiger partial charge in [-0.3, -0.25) is 9.20 Å². The van der Waals surface area contributed by atoms with E-state index in [2.05, 4.69) is 17.1 Å². The lowest BCUT2D eigenvalue weighted by molar-refractivity contribution is -0.129. The molecule has 0 N–H and O–H groups in total. The van der Waals surface area contributed by atoms with E-state index in [-0.39, 0.29) is 16.6 Å². The number of hydrogen-bond donors (Lipinski definition) is 0. The fourth-order valence-corrected chi connectivity index (χ4v) is 6.17. The SMILES string of the molecule is CCN(CC)S(=O)(=O)c1ccc2nnc(SCC(=O)N(C)C3CCC(C)CC3)n2c1. The number of rotatable bonds is 8. The Morgan fingerprint density at radius 1 is 1.17 bits per heavy atom. The van der Waals surface area contributed by atoms with Gasteiger partial charge in [0.15, 0.2) is 10.8 Å². The van der Waals surface area contributed by atoms with Crippen molar-refractivity contribution in [2.75, 3.05) is 25.9 Å². The average molecular weight is 454 g/mol. The van der Waals surface area contributed by atoms with Gasteiger partial charge >= 0.3 is 0 Å². The zero-order valence-corrected chi connectivity index (χ0v) is 19.7. The fourth-order valence-electron chi connectivity index (χ4n) is 3.88. The zero-order valence-electron chi connectivity index (χ0n) is 18.1. The lowest BCUT2D eigenvalue weighted by Gasteiger charge is -2.33. The number of carbonyl (C=O) groups excluding carboxylic acids is 1. The van der Waals surface area contributed by atoms with E-state index in [4.69, 9.17) is 0 Å². The maximum Gasteiger partial charge on any atom is 0.244 e. The summed E-state index contributed by atoms with van der Waals surface area (Å²) in [7, 11) is -1.70. The molecule has 0 aliphatic heterocycles. The van der Waals surface area contributed by atoms with Crippen LogP contribution in [0, 0.1) is 5.92 Å². The molecule has 1 saturated carbocycles. The van der Waals surface area contributed by atoms with E-state index in [1.54, 1.807) is 22.7 Å². The van der Waals surface area contributed by atoms with Crippen LogP contribution in [-0.2, 0) is 14.8 Å². The highest BCUT2D eigenvalue weighted by Gasteiger charge is 2.26. The van der Waals surface area contributed by atoms with Crippen molar-refractivity contribution in [2.24, 2.45) is 5.92 Å². The highest BCUT2D eigenvalue weighted by atomic mass is 32.2. The molecule has 0 bridgehead atoms. The van der Waals surface area contributed by atoms with Gasteiger partial charge in [0.1, 0.15) is 0 Å². The van der Waals surface area contributed by atoms with Crippen molar-refractivity contribution in [1.82, 2.24) is 23.8 Å². The summed E-state index contributed by atoms with van der Waals surface area (Å²) in [4.78, 5) is 14.7. The van der Waals surface area contributed by atoms with Crippen molar-refractivity contribution in [1.29, 1.82) is 0 Å². The highest BCUT2D eigenvalue weighted by Crippen LogP contribution is 2.27. The fraction of sp³-hybridized carbons (Fsp3) is 0.650. The van der Waals surface area contributed by atoms with E-state index in [0.29, 0.717) is 29.9 Å². The number of thioether (sulfide) groups is 1. The first kappa shape index (κ1) is 23.0. The molecule has 1 fully saturated rings. The summed E-state index contributed by atoms with van der Waals surface area (Å²) in [5.41, 5.74) is 0.554. The summed E-state index contributed by atoms with van der Waals surface area (Å²) in [6.07, 6.45) is 5.97. The van der Waals surface area contributed by atoms with Crippen LogP contribution in [0.25, 0.3) is 5.65 Å². The molecule has 3 rings (SSSR count). The summed E-state index contributed by atoms with van der Waals surface area (Å²) in [5, 5.41) is 8.78. The van der Waals surface area contributed by atoms with E-state index in [9.17, 15) is 13.2 Å². The predicted octanol–water partition coefficient (Wildman–Crippen LogP) is 2.89. The van der Waals surface area contributed by atoms with Gasteiger partial charge in [0.05, 0.1) is 10.6 Å². The average Bonchev–Trinajstić information content (AvgIpc) is 3.15. The maximum atomic E-state index is 12.8. The first-order valence-electron chi connectivity index (χ1n) is 10.5. The second kappa shape index (κ2) is 9.65. The highest BCUT2D eigenvalue weighted by molar-refractivity contribution is 7.99. The lowest BCUT2D eigenvalue weighted by atomic mass is 9.87. The molecule has 0 spiro atoms. The summed E-state index contributed by atoms with van der Waals surface area (Å²) >= 11 is 1.29. The molecule has 1 aliphatic rings. The molecule has 0 saturated heterocycles. The van der Waals surface area contributed by atoms with Crippen LogP contribution < -0.4 is 0 Å². The van der Waals surface area contributed by atoms with Gasteiger partial charge in [-0.25, -0.2) is 8.42 Å². The van der Waals surface area contributed by atoms with Gasteiger partial charge in [0.25, 0.3) is 0 Å². The quantitative estimate of drug-likeness (QED) is 0.571. The largest absolute Gasteiger partial charge is 0.342 e. The molecule has 1 amide bonds. The molecule has 0 atom stereocenters. The van der Waals surface area contributed by atoms with Crippen LogP contribution >= 0.6 is 11.8 Å². The number of hydrogen-bond acceptors (Lipinski definition) is 6. The second-order valence-electron chi connectivity index (χ2n) is 7.87. The van der Waals surface area contributed by atoms with Crippen molar-refractivity contribution >= 4 is 33.3 Å². The Bertz CT molecular complexity index is 979. The van der Waals surface area contributed by atoms with Crippen LogP contribution in [-0.4, -0.2) is 70.1 Å². The number of amides is 1. The van der Waals surface area contributed by atoms with Crippen molar-refractivity contribution in [3.8, 4) is 0 Å². The molecular formula is C20H31N5O3S2. The maximum absolute atomic E-state index is 12.8. The lowest BCUT2D eigenvalue weighted by Crippen LogP contribution is -2.40. The number of pyridine rings is 1. The molecule has 0 unspecified atom stereocenters. The Labute approximate surface area is 183 Å². The number of nitrogens with zero attached hydrogens (tertiary/aromatic N) is 5. The van der Waals surface area contributed by atoms with Gasteiger partial charge in [-0.05, 0) is 43.7 Å². The topological polar surface area (TPSA) is 87.9 Å². The number of carbonyl (C=O) groups is 1. The molecule has 2 heterocycles. The van der Waals surface area contributed by atoms with Crippen LogP contribution in [0.1, 0.15) is 46.5 Å². The Kier molecular flexibility index (Phi) is 7.41. The Morgan fingerprint density at radius 2 is 1.83 bits per heavy atom. The first-order valence-corrected chi connectivity index (χ1v) is 12.9. The number of sulfonamides is 1. The van der Waals surface area contributed by atoms with E-state index in [1.165, 1.54) is 16.1 Å². The summed E-state index contributed by atoms with van der Waals surface area (Å²) < 4.78 is 28.7. The third-order valence-electron chi connectivity index (χ3n) is 5.94. The van der Waals surface area contributed by atoms with Crippen LogP contribution in [0.3, 0.4) is 0 Å². The number of aromatic nitrogens is 3. The van der Waals surface area contributed by atoms with Crippen LogP contribution in [0.15, 0.2) is 28.4 Å². The normalized spacial score (nSPS) is 20.0. The monoisotopic (exact) mass is 453 g/mol. The van der Waals surface area contributed by atoms with Crippen molar-refractivity contribution in [3.05, 3.63) is 18.3 Å². The van der Waals surface area contributed by atoms with Gasteiger partial charge in [0.2, 0.25) is 15.9 Å². The van der Waals surface area contributed by atoms with Crippen LogP contribution in [0.2, 0.25) is 0 Å². The van der Waals surface area contributed by atoms with E-state index < -0.39 is 10.0 Å². The smallest absolute Gasteiger partial charge is 0.244 e. The van der Waals surface area contributed by atoms with Crippen LogP contribution in [0.4, 0.5) is 0 Å². The zero-order chi connectivity index (χ0) is 21.9. The summed E-state index contributed by atoms with van der Waals surface area (Å²) in [5.74, 6) is 1.04. The van der Waals surface area contributed by atoms with Gasteiger partial charge < -0.3 is 4.90 Å². The second-order valence-corrected chi connectivity index (χ2v) is 10.8. The standard InChI is InChI=1S/C20H31N5O3S2/c1-5-24(6-2)30(27,28)17-11-12-18-21-22-20(25(18)13-17)29-14-19(26)23(4)16-9-7-15(3)8-10-16/h11-13,15-16H,5-10,14H2,1-4H3. The molecule has 8 nitrogen and oxygen atoms in total. The van der Waals surface area contributed by atoms with E-state index in [0.717, 1.165) is 31.6 Å². The molecule has 30 heavy (non-hydrogen) atoms. The van der Waals surface area contributed by atoms with Crippen molar-refractivity contribution < 1.29 is 13.2 Å². The Hall–Kier alpha value is -1.65.